The fourth-order valence-corrected chi connectivity index (χ4v) is 4.87. The predicted octanol–water partition coefficient (Wildman–Crippen LogP) is 4.79. The molecule has 0 radical (unpaired) electrons. The molecule has 0 saturated carbocycles. The topological polar surface area (TPSA) is 105 Å². The Balaban J connectivity index is 1.67. The molecular weight excluding hydrogens is 452 g/mol. The van der Waals surface area contributed by atoms with E-state index in [-0.39, 0.29) is 22.6 Å². The number of carbonyl (C=O) groups excluding carboxylic acids is 1. The maximum Gasteiger partial charge on any atom is 0.259 e. The zero-order valence-corrected chi connectivity index (χ0v) is 20.5. The molecule has 0 atom stereocenters. The van der Waals surface area contributed by atoms with Gasteiger partial charge in [0.1, 0.15) is 0 Å². The van der Waals surface area contributed by atoms with Crippen LogP contribution in [0, 0.1) is 13.8 Å². The Morgan fingerprint density at radius 3 is 2.29 bits per heavy atom. The standard InChI is InChI=1S/C25H26N4O4S/c1-15(2)29(5)34(31,32)20-12-10-19(11-13-20)26-24(30)21-14-22(18-8-6-16(3)7-9-18)27-25-23(21)17(4)28-33-25/h6-15H,1-5H3,(H,26,30). The van der Waals surface area contributed by atoms with Gasteiger partial charge in [0.05, 0.1) is 27.2 Å². The number of aromatic nitrogens is 2. The van der Waals surface area contributed by atoms with Crippen LogP contribution >= 0.6 is 0 Å². The van der Waals surface area contributed by atoms with E-state index in [1.165, 1.54) is 23.5 Å². The lowest BCUT2D eigenvalue weighted by Gasteiger charge is -2.21. The van der Waals surface area contributed by atoms with E-state index in [1.54, 1.807) is 39.0 Å². The lowest BCUT2D eigenvalue weighted by molar-refractivity contribution is 0.102. The third kappa shape index (κ3) is 4.44. The molecule has 2 aromatic heterocycles. The van der Waals surface area contributed by atoms with Crippen LogP contribution in [0.15, 0.2) is 64.0 Å². The molecule has 34 heavy (non-hydrogen) atoms. The third-order valence-electron chi connectivity index (χ3n) is 5.73. The van der Waals surface area contributed by atoms with Crippen molar-refractivity contribution in [2.45, 2.75) is 38.6 Å². The van der Waals surface area contributed by atoms with Crippen molar-refractivity contribution in [2.75, 3.05) is 12.4 Å². The predicted molar refractivity (Wildman–Crippen MR) is 131 cm³/mol. The van der Waals surface area contributed by atoms with Gasteiger partial charge in [0, 0.05) is 24.3 Å². The van der Waals surface area contributed by atoms with Crippen LogP contribution in [0.4, 0.5) is 5.69 Å². The number of benzene rings is 2. The Labute approximate surface area is 198 Å². The van der Waals surface area contributed by atoms with Crippen LogP contribution in [0.1, 0.15) is 35.5 Å². The van der Waals surface area contributed by atoms with E-state index in [0.29, 0.717) is 28.0 Å². The summed E-state index contributed by atoms with van der Waals surface area (Å²) in [7, 11) is -2.07. The van der Waals surface area contributed by atoms with Gasteiger partial charge in [-0.05, 0) is 58.0 Å². The summed E-state index contributed by atoms with van der Waals surface area (Å²) < 4.78 is 32.0. The smallest absolute Gasteiger partial charge is 0.259 e. The molecule has 8 nitrogen and oxygen atoms in total. The molecule has 0 aliphatic heterocycles. The van der Waals surface area contributed by atoms with Gasteiger partial charge < -0.3 is 9.84 Å². The van der Waals surface area contributed by atoms with Gasteiger partial charge in [-0.3, -0.25) is 4.79 Å². The third-order valence-corrected chi connectivity index (χ3v) is 7.77. The van der Waals surface area contributed by atoms with Crippen molar-refractivity contribution >= 4 is 32.7 Å². The summed E-state index contributed by atoms with van der Waals surface area (Å²) in [5.41, 5.74) is 4.22. The van der Waals surface area contributed by atoms with E-state index in [9.17, 15) is 13.2 Å². The fraction of sp³-hybridized carbons (Fsp3) is 0.240. The summed E-state index contributed by atoms with van der Waals surface area (Å²) in [5, 5.41) is 7.35. The number of nitrogens with one attached hydrogen (secondary N) is 1. The fourth-order valence-electron chi connectivity index (χ4n) is 3.50. The van der Waals surface area contributed by atoms with Gasteiger partial charge in [-0.2, -0.15) is 4.31 Å². The number of fused-ring (bicyclic) bond motifs is 1. The van der Waals surface area contributed by atoms with E-state index in [2.05, 4.69) is 15.5 Å². The van der Waals surface area contributed by atoms with Crippen molar-refractivity contribution in [3.8, 4) is 11.3 Å². The molecule has 2 heterocycles. The molecule has 9 heteroatoms. The van der Waals surface area contributed by atoms with E-state index >= 15 is 0 Å². The van der Waals surface area contributed by atoms with Gasteiger partial charge in [-0.15, -0.1) is 0 Å². The van der Waals surface area contributed by atoms with Crippen molar-refractivity contribution in [2.24, 2.45) is 0 Å². The highest BCUT2D eigenvalue weighted by molar-refractivity contribution is 7.89. The van der Waals surface area contributed by atoms with Gasteiger partial charge in [0.25, 0.3) is 11.6 Å². The number of anilines is 1. The molecule has 0 unspecified atom stereocenters. The summed E-state index contributed by atoms with van der Waals surface area (Å²) in [5.74, 6) is -0.373. The average molecular weight is 479 g/mol. The highest BCUT2D eigenvalue weighted by atomic mass is 32.2. The van der Waals surface area contributed by atoms with Crippen LogP contribution in [0.5, 0.6) is 0 Å². The first-order chi connectivity index (χ1) is 16.1. The monoisotopic (exact) mass is 478 g/mol. The lowest BCUT2D eigenvalue weighted by Crippen LogP contribution is -2.33. The second-order valence-corrected chi connectivity index (χ2v) is 10.5. The molecule has 176 valence electrons. The maximum atomic E-state index is 13.3. The summed E-state index contributed by atoms with van der Waals surface area (Å²) >= 11 is 0. The Bertz CT molecular complexity index is 1460. The summed E-state index contributed by atoms with van der Waals surface area (Å²) in [6.07, 6.45) is 0. The van der Waals surface area contributed by atoms with Crippen LogP contribution in [0.3, 0.4) is 0 Å². The molecule has 0 aliphatic carbocycles. The van der Waals surface area contributed by atoms with E-state index in [0.717, 1.165) is 11.1 Å². The zero-order valence-electron chi connectivity index (χ0n) is 19.7. The van der Waals surface area contributed by atoms with Crippen molar-refractivity contribution in [3.05, 3.63) is 71.4 Å². The number of nitrogens with zero attached hydrogens (tertiary/aromatic N) is 3. The second-order valence-electron chi connectivity index (χ2n) is 8.46. The summed E-state index contributed by atoms with van der Waals surface area (Å²) in [4.78, 5) is 18.0. The van der Waals surface area contributed by atoms with Crippen LogP contribution in [-0.4, -0.2) is 41.9 Å². The maximum absolute atomic E-state index is 13.3. The Hall–Kier alpha value is -3.56. The van der Waals surface area contributed by atoms with Crippen molar-refractivity contribution in [3.63, 3.8) is 0 Å². The van der Waals surface area contributed by atoms with Crippen molar-refractivity contribution in [1.82, 2.24) is 14.4 Å². The molecule has 1 N–H and O–H groups in total. The summed E-state index contributed by atoms with van der Waals surface area (Å²) in [6.45, 7) is 7.36. The van der Waals surface area contributed by atoms with Gasteiger partial charge in [-0.1, -0.05) is 35.0 Å². The SMILES string of the molecule is Cc1ccc(-c2cc(C(=O)Nc3ccc(S(=O)(=O)N(C)C(C)C)cc3)c3c(C)noc3n2)cc1. The first-order valence-electron chi connectivity index (χ1n) is 10.8. The van der Waals surface area contributed by atoms with Gasteiger partial charge in [0.2, 0.25) is 10.0 Å². The minimum Gasteiger partial charge on any atom is -0.335 e. The minimum absolute atomic E-state index is 0.157. The molecule has 4 aromatic rings. The Kier molecular flexibility index (Phi) is 6.24. The molecule has 0 bridgehead atoms. The summed E-state index contributed by atoms with van der Waals surface area (Å²) in [6, 6.07) is 15.4. The quantitative estimate of drug-likeness (QED) is 0.427. The van der Waals surface area contributed by atoms with Crippen LogP contribution in [0.25, 0.3) is 22.4 Å². The molecule has 0 aliphatic rings. The number of aryl methyl sites for hydroxylation is 2. The van der Waals surface area contributed by atoms with Crippen molar-refractivity contribution < 1.29 is 17.7 Å². The molecule has 1 amide bonds. The van der Waals surface area contributed by atoms with Gasteiger partial charge >= 0.3 is 0 Å². The average Bonchev–Trinajstić information content (AvgIpc) is 3.19. The molecule has 4 rings (SSSR count). The first-order valence-corrected chi connectivity index (χ1v) is 12.3. The number of rotatable bonds is 6. The van der Waals surface area contributed by atoms with Crippen LogP contribution in [0.2, 0.25) is 0 Å². The van der Waals surface area contributed by atoms with E-state index in [4.69, 9.17) is 4.52 Å². The Morgan fingerprint density at radius 2 is 1.68 bits per heavy atom. The van der Waals surface area contributed by atoms with Crippen LogP contribution < -0.4 is 5.32 Å². The number of hydrogen-bond acceptors (Lipinski definition) is 6. The Morgan fingerprint density at radius 1 is 1.03 bits per heavy atom. The number of pyridine rings is 1. The lowest BCUT2D eigenvalue weighted by atomic mass is 10.0. The second kappa shape index (κ2) is 9.00. The number of hydrogen-bond donors (Lipinski definition) is 1. The zero-order chi connectivity index (χ0) is 24.6. The molecule has 0 spiro atoms. The van der Waals surface area contributed by atoms with E-state index in [1.807, 2.05) is 31.2 Å². The van der Waals surface area contributed by atoms with E-state index < -0.39 is 10.0 Å². The largest absolute Gasteiger partial charge is 0.335 e. The van der Waals surface area contributed by atoms with Gasteiger partial charge in [-0.25, -0.2) is 13.4 Å². The van der Waals surface area contributed by atoms with Gasteiger partial charge in [0.15, 0.2) is 0 Å². The number of carbonyl (C=O) groups is 1. The molecule has 0 fully saturated rings. The number of amides is 1. The normalized spacial score (nSPS) is 12.0. The minimum atomic E-state index is -3.61. The molecule has 0 saturated heterocycles. The molecule has 2 aromatic carbocycles. The van der Waals surface area contributed by atoms with Crippen molar-refractivity contribution in [1.29, 1.82) is 0 Å². The highest BCUT2D eigenvalue weighted by Gasteiger charge is 2.23. The first kappa shape index (κ1) is 23.6. The molecular formula is C25H26N4O4S. The van der Waals surface area contributed by atoms with Crippen LogP contribution in [-0.2, 0) is 10.0 Å². The number of sulfonamides is 1. The highest BCUT2D eigenvalue weighted by Crippen LogP contribution is 2.28.